The molecule has 1 aliphatic rings. The minimum atomic E-state index is -3.47. The van der Waals surface area contributed by atoms with E-state index in [1.165, 1.54) is 4.31 Å². The summed E-state index contributed by atoms with van der Waals surface area (Å²) in [5, 5.41) is 2.89. The van der Waals surface area contributed by atoms with Crippen molar-refractivity contribution in [3.05, 3.63) is 65.2 Å². The predicted octanol–water partition coefficient (Wildman–Crippen LogP) is 1.99. The van der Waals surface area contributed by atoms with E-state index in [0.717, 1.165) is 11.1 Å². The molecule has 0 aromatic heterocycles. The Morgan fingerprint density at radius 2 is 1.81 bits per heavy atom. The predicted molar refractivity (Wildman–Crippen MR) is 103 cm³/mol. The Bertz CT molecular complexity index is 888. The lowest BCUT2D eigenvalue weighted by molar-refractivity contribution is 0.0730. The number of nitrogens with one attached hydrogen (secondary N) is 1. The van der Waals surface area contributed by atoms with E-state index in [2.05, 4.69) is 5.32 Å². The molecule has 1 saturated heterocycles. The molecule has 0 atom stereocenters. The summed E-state index contributed by atoms with van der Waals surface area (Å²) in [6.45, 7) is 4.06. The minimum absolute atomic E-state index is 0.106. The highest BCUT2D eigenvalue weighted by molar-refractivity contribution is 7.89. The third-order valence-corrected chi connectivity index (χ3v) is 6.42. The van der Waals surface area contributed by atoms with Gasteiger partial charge in [0, 0.05) is 25.2 Å². The number of benzene rings is 2. The monoisotopic (exact) mass is 388 g/mol. The highest BCUT2D eigenvalue weighted by Crippen LogP contribution is 2.17. The molecular formula is C20H24N2O4S. The fraction of sp³-hybridized carbons (Fsp3) is 0.350. The number of amides is 1. The molecule has 0 unspecified atom stereocenters. The molecule has 3 rings (SSSR count). The molecule has 0 bridgehead atoms. The molecule has 6 nitrogen and oxygen atoms in total. The number of sulfonamides is 1. The van der Waals surface area contributed by atoms with Gasteiger partial charge in [-0.3, -0.25) is 4.79 Å². The molecule has 0 radical (unpaired) electrons. The van der Waals surface area contributed by atoms with Crippen LogP contribution in [0.2, 0.25) is 0 Å². The Hall–Kier alpha value is -2.22. The van der Waals surface area contributed by atoms with Gasteiger partial charge in [0.2, 0.25) is 10.0 Å². The van der Waals surface area contributed by atoms with E-state index in [0.29, 0.717) is 44.8 Å². The number of carbonyl (C=O) groups is 1. The van der Waals surface area contributed by atoms with Crippen LogP contribution in [0.25, 0.3) is 0 Å². The van der Waals surface area contributed by atoms with E-state index in [1.54, 1.807) is 30.3 Å². The van der Waals surface area contributed by atoms with Crippen LogP contribution in [0.1, 0.15) is 21.5 Å². The molecule has 2 aromatic rings. The molecule has 0 spiro atoms. The molecule has 7 heteroatoms. The minimum Gasteiger partial charge on any atom is -0.379 e. The first-order chi connectivity index (χ1) is 13.0. The van der Waals surface area contributed by atoms with Gasteiger partial charge in [0.15, 0.2) is 0 Å². The first kappa shape index (κ1) is 19.5. The van der Waals surface area contributed by atoms with Gasteiger partial charge in [-0.05, 0) is 43.2 Å². The Kier molecular flexibility index (Phi) is 6.26. The van der Waals surface area contributed by atoms with E-state index < -0.39 is 10.0 Å². The largest absolute Gasteiger partial charge is 0.379 e. The highest BCUT2D eigenvalue weighted by Gasteiger charge is 2.25. The zero-order valence-electron chi connectivity index (χ0n) is 15.3. The van der Waals surface area contributed by atoms with E-state index in [4.69, 9.17) is 4.74 Å². The van der Waals surface area contributed by atoms with Gasteiger partial charge >= 0.3 is 0 Å². The lowest BCUT2D eigenvalue weighted by Gasteiger charge is -2.26. The topological polar surface area (TPSA) is 75.7 Å². The van der Waals surface area contributed by atoms with Crippen LogP contribution >= 0.6 is 0 Å². The molecule has 0 aliphatic carbocycles. The molecule has 1 fully saturated rings. The number of morpholine rings is 1. The molecular weight excluding hydrogens is 364 g/mol. The molecule has 27 heavy (non-hydrogen) atoms. The maximum Gasteiger partial charge on any atom is 0.251 e. The van der Waals surface area contributed by atoms with E-state index in [9.17, 15) is 13.2 Å². The van der Waals surface area contributed by atoms with Crippen molar-refractivity contribution in [2.45, 2.75) is 18.2 Å². The van der Waals surface area contributed by atoms with Gasteiger partial charge in [-0.2, -0.15) is 4.31 Å². The average molecular weight is 388 g/mol. The van der Waals surface area contributed by atoms with E-state index >= 15 is 0 Å². The quantitative estimate of drug-likeness (QED) is 0.821. The van der Waals surface area contributed by atoms with Crippen molar-refractivity contribution in [2.24, 2.45) is 0 Å². The fourth-order valence-electron chi connectivity index (χ4n) is 2.97. The summed E-state index contributed by atoms with van der Waals surface area (Å²) in [6, 6.07) is 14.3. The lowest BCUT2D eigenvalue weighted by atomic mass is 10.1. The molecule has 1 heterocycles. The van der Waals surface area contributed by atoms with Gasteiger partial charge in [0.1, 0.15) is 0 Å². The van der Waals surface area contributed by atoms with Crippen molar-refractivity contribution in [1.82, 2.24) is 9.62 Å². The second kappa shape index (κ2) is 8.65. The van der Waals surface area contributed by atoms with Crippen LogP contribution in [0.3, 0.4) is 0 Å². The zero-order valence-corrected chi connectivity index (χ0v) is 16.2. The van der Waals surface area contributed by atoms with Gasteiger partial charge in [0.05, 0.1) is 18.1 Å². The first-order valence-corrected chi connectivity index (χ1v) is 10.4. The number of hydrogen-bond donors (Lipinski definition) is 1. The van der Waals surface area contributed by atoms with Crippen LogP contribution in [0.4, 0.5) is 0 Å². The van der Waals surface area contributed by atoms with Crippen molar-refractivity contribution in [1.29, 1.82) is 0 Å². The van der Waals surface area contributed by atoms with Gasteiger partial charge in [-0.15, -0.1) is 0 Å². The van der Waals surface area contributed by atoms with Gasteiger partial charge in [-0.1, -0.05) is 29.8 Å². The molecule has 1 N–H and O–H groups in total. The second-order valence-electron chi connectivity index (χ2n) is 6.54. The highest BCUT2D eigenvalue weighted by atomic mass is 32.2. The standard InChI is InChI=1S/C20H24N2O4S/c1-16-3-2-4-18(15-16)20(23)21-10-9-17-5-7-19(8-6-17)27(24,25)22-11-13-26-14-12-22/h2-8,15H,9-14H2,1H3,(H,21,23). The third-order valence-electron chi connectivity index (χ3n) is 4.51. The van der Waals surface area contributed by atoms with Crippen LogP contribution in [-0.4, -0.2) is 51.5 Å². The number of nitrogens with zero attached hydrogens (tertiary/aromatic N) is 1. The van der Waals surface area contributed by atoms with Crippen molar-refractivity contribution in [3.63, 3.8) is 0 Å². The van der Waals surface area contributed by atoms with Crippen LogP contribution in [-0.2, 0) is 21.2 Å². The van der Waals surface area contributed by atoms with E-state index in [1.807, 2.05) is 25.1 Å². The van der Waals surface area contributed by atoms with Crippen molar-refractivity contribution >= 4 is 15.9 Å². The summed E-state index contributed by atoms with van der Waals surface area (Å²) >= 11 is 0. The summed E-state index contributed by atoms with van der Waals surface area (Å²) in [5.74, 6) is -0.106. The molecule has 0 saturated carbocycles. The van der Waals surface area contributed by atoms with Crippen LogP contribution < -0.4 is 5.32 Å². The molecule has 144 valence electrons. The van der Waals surface area contributed by atoms with E-state index in [-0.39, 0.29) is 10.8 Å². The Morgan fingerprint density at radius 1 is 1.11 bits per heavy atom. The van der Waals surface area contributed by atoms with Gasteiger partial charge < -0.3 is 10.1 Å². The Labute approximate surface area is 160 Å². The fourth-order valence-corrected chi connectivity index (χ4v) is 4.38. The molecule has 2 aromatic carbocycles. The molecule has 1 aliphatic heterocycles. The van der Waals surface area contributed by atoms with Crippen LogP contribution in [0.15, 0.2) is 53.4 Å². The van der Waals surface area contributed by atoms with Crippen LogP contribution in [0, 0.1) is 6.92 Å². The zero-order chi connectivity index (χ0) is 19.3. The van der Waals surface area contributed by atoms with Crippen molar-refractivity contribution in [3.8, 4) is 0 Å². The average Bonchev–Trinajstić information content (AvgIpc) is 2.69. The SMILES string of the molecule is Cc1cccc(C(=O)NCCc2ccc(S(=O)(=O)N3CCOCC3)cc2)c1. The smallest absolute Gasteiger partial charge is 0.251 e. The normalized spacial score (nSPS) is 15.4. The number of aryl methyl sites for hydroxylation is 1. The van der Waals surface area contributed by atoms with Gasteiger partial charge in [0.25, 0.3) is 5.91 Å². The summed E-state index contributed by atoms with van der Waals surface area (Å²) in [7, 11) is -3.47. The first-order valence-electron chi connectivity index (χ1n) is 8.98. The molecule has 1 amide bonds. The lowest BCUT2D eigenvalue weighted by Crippen LogP contribution is -2.40. The summed E-state index contributed by atoms with van der Waals surface area (Å²) in [4.78, 5) is 12.4. The maximum absolute atomic E-state index is 12.6. The summed E-state index contributed by atoms with van der Waals surface area (Å²) in [5.41, 5.74) is 2.65. The summed E-state index contributed by atoms with van der Waals surface area (Å²) < 4.78 is 31.9. The van der Waals surface area contributed by atoms with Crippen molar-refractivity contribution in [2.75, 3.05) is 32.8 Å². The number of ether oxygens (including phenoxy) is 1. The summed E-state index contributed by atoms with van der Waals surface area (Å²) in [6.07, 6.45) is 0.634. The number of rotatable bonds is 6. The second-order valence-corrected chi connectivity index (χ2v) is 8.47. The number of hydrogen-bond acceptors (Lipinski definition) is 4. The number of carbonyl (C=O) groups excluding carboxylic acids is 1. The van der Waals surface area contributed by atoms with Crippen molar-refractivity contribution < 1.29 is 17.9 Å². The third kappa shape index (κ3) is 4.94. The van der Waals surface area contributed by atoms with Gasteiger partial charge in [-0.25, -0.2) is 8.42 Å². The Balaban J connectivity index is 1.55. The Morgan fingerprint density at radius 3 is 2.48 bits per heavy atom. The van der Waals surface area contributed by atoms with Crippen LogP contribution in [0.5, 0.6) is 0 Å². The maximum atomic E-state index is 12.6.